The van der Waals surface area contributed by atoms with Gasteiger partial charge in [-0.05, 0) is 38.6 Å². The molecule has 1 heterocycles. The minimum absolute atomic E-state index is 0.624. The second-order valence-electron chi connectivity index (χ2n) is 5.27. The van der Waals surface area contributed by atoms with Gasteiger partial charge in [0.15, 0.2) is 0 Å². The molecule has 108 valence electrons. The van der Waals surface area contributed by atoms with Gasteiger partial charge >= 0.3 is 0 Å². The summed E-state index contributed by atoms with van der Waals surface area (Å²) in [5, 5.41) is 3.64. The van der Waals surface area contributed by atoms with E-state index < -0.39 is 0 Å². The third kappa shape index (κ3) is 7.28. The van der Waals surface area contributed by atoms with Crippen molar-refractivity contribution in [2.24, 2.45) is 0 Å². The van der Waals surface area contributed by atoms with Crippen LogP contribution in [0.1, 0.15) is 38.8 Å². The van der Waals surface area contributed by atoms with E-state index in [0.717, 1.165) is 26.1 Å². The van der Waals surface area contributed by atoms with E-state index in [0.29, 0.717) is 6.04 Å². The van der Waals surface area contributed by atoms with Crippen molar-refractivity contribution >= 4 is 0 Å². The molecule has 0 spiro atoms. The van der Waals surface area contributed by atoms with Crippen LogP contribution in [0.3, 0.4) is 0 Å². The van der Waals surface area contributed by atoms with Crippen LogP contribution in [0.4, 0.5) is 0 Å². The number of likely N-dealkylation sites (N-methyl/N-ethyl adjacent to an activating group) is 1. The predicted octanol–water partition coefficient (Wildman–Crippen LogP) is 2.72. The van der Waals surface area contributed by atoms with Crippen LogP contribution in [0.25, 0.3) is 0 Å². The quantitative estimate of drug-likeness (QED) is 0.703. The molecule has 0 aliphatic heterocycles. The van der Waals surface area contributed by atoms with E-state index in [2.05, 4.69) is 48.2 Å². The lowest BCUT2D eigenvalue weighted by Gasteiger charge is -2.24. The van der Waals surface area contributed by atoms with Gasteiger partial charge in [0, 0.05) is 37.4 Å². The van der Waals surface area contributed by atoms with E-state index in [-0.39, 0.29) is 0 Å². The van der Waals surface area contributed by atoms with Crippen molar-refractivity contribution in [2.45, 2.75) is 45.6 Å². The lowest BCUT2D eigenvalue weighted by atomic mass is 10.1. The number of aromatic nitrogens is 1. The molecule has 0 radical (unpaired) electrons. The Labute approximate surface area is 118 Å². The highest BCUT2D eigenvalue weighted by atomic mass is 15.1. The molecule has 19 heavy (non-hydrogen) atoms. The van der Waals surface area contributed by atoms with Gasteiger partial charge in [0.2, 0.25) is 0 Å². The van der Waals surface area contributed by atoms with Crippen molar-refractivity contribution in [3.05, 3.63) is 30.1 Å². The van der Waals surface area contributed by atoms with Crippen molar-refractivity contribution in [1.82, 2.24) is 15.2 Å². The number of hydrogen-bond acceptors (Lipinski definition) is 3. The Kier molecular flexibility index (Phi) is 8.43. The van der Waals surface area contributed by atoms with Crippen LogP contribution in [0.15, 0.2) is 24.4 Å². The number of pyridine rings is 1. The monoisotopic (exact) mass is 263 g/mol. The van der Waals surface area contributed by atoms with Crippen LogP contribution >= 0.6 is 0 Å². The minimum atomic E-state index is 0.624. The Morgan fingerprint density at radius 1 is 1.26 bits per heavy atom. The fourth-order valence-corrected chi connectivity index (χ4v) is 2.27. The highest BCUT2D eigenvalue weighted by Crippen LogP contribution is 2.01. The van der Waals surface area contributed by atoms with Crippen LogP contribution < -0.4 is 5.32 Å². The summed E-state index contributed by atoms with van der Waals surface area (Å²) in [5.41, 5.74) is 1.18. The average molecular weight is 263 g/mol. The van der Waals surface area contributed by atoms with Crippen molar-refractivity contribution in [1.29, 1.82) is 0 Å². The van der Waals surface area contributed by atoms with Gasteiger partial charge in [0.25, 0.3) is 0 Å². The smallest absolute Gasteiger partial charge is 0.0416 e. The zero-order valence-corrected chi connectivity index (χ0v) is 12.7. The normalized spacial score (nSPS) is 12.8. The zero-order valence-electron chi connectivity index (χ0n) is 12.7. The Hall–Kier alpha value is -0.930. The van der Waals surface area contributed by atoms with Crippen molar-refractivity contribution < 1.29 is 0 Å². The van der Waals surface area contributed by atoms with E-state index in [4.69, 9.17) is 0 Å². The van der Waals surface area contributed by atoms with Gasteiger partial charge < -0.3 is 10.2 Å². The number of nitrogens with one attached hydrogen (secondary N) is 1. The summed E-state index contributed by atoms with van der Waals surface area (Å²) in [6, 6.07) is 6.76. The van der Waals surface area contributed by atoms with Crippen LogP contribution in [0.5, 0.6) is 0 Å². The molecular weight excluding hydrogens is 234 g/mol. The molecular formula is C16H29N3. The van der Waals surface area contributed by atoms with E-state index in [1.165, 1.54) is 25.0 Å². The molecule has 0 saturated carbocycles. The topological polar surface area (TPSA) is 28.2 Å². The SMILES string of the molecule is CCCNC(CCC)CN(C)CCc1ccccn1. The molecule has 0 amide bonds. The second-order valence-corrected chi connectivity index (χ2v) is 5.27. The van der Waals surface area contributed by atoms with Crippen LogP contribution in [0.2, 0.25) is 0 Å². The van der Waals surface area contributed by atoms with Crippen LogP contribution in [-0.2, 0) is 6.42 Å². The van der Waals surface area contributed by atoms with Gasteiger partial charge in [-0.15, -0.1) is 0 Å². The summed E-state index contributed by atoms with van der Waals surface area (Å²) in [5.74, 6) is 0. The maximum absolute atomic E-state index is 4.37. The number of nitrogens with zero attached hydrogens (tertiary/aromatic N) is 2. The van der Waals surface area contributed by atoms with Gasteiger partial charge in [-0.25, -0.2) is 0 Å². The van der Waals surface area contributed by atoms with Gasteiger partial charge in [-0.2, -0.15) is 0 Å². The molecule has 3 nitrogen and oxygen atoms in total. The third-order valence-electron chi connectivity index (χ3n) is 3.33. The Bertz CT molecular complexity index is 313. The predicted molar refractivity (Wildman–Crippen MR) is 82.4 cm³/mol. The molecule has 0 aromatic carbocycles. The summed E-state index contributed by atoms with van der Waals surface area (Å²) >= 11 is 0. The lowest BCUT2D eigenvalue weighted by Crippen LogP contribution is -2.40. The molecule has 0 aliphatic carbocycles. The Balaban J connectivity index is 2.29. The maximum Gasteiger partial charge on any atom is 0.0416 e. The molecule has 1 N–H and O–H groups in total. The first-order valence-electron chi connectivity index (χ1n) is 7.58. The molecule has 0 bridgehead atoms. The Morgan fingerprint density at radius 2 is 2.11 bits per heavy atom. The first kappa shape index (κ1) is 16.1. The van der Waals surface area contributed by atoms with Gasteiger partial charge in [0.1, 0.15) is 0 Å². The van der Waals surface area contributed by atoms with E-state index >= 15 is 0 Å². The minimum Gasteiger partial charge on any atom is -0.313 e. The average Bonchev–Trinajstić information content (AvgIpc) is 2.44. The highest BCUT2D eigenvalue weighted by molar-refractivity contribution is 5.03. The molecule has 0 saturated heterocycles. The van der Waals surface area contributed by atoms with Gasteiger partial charge in [0.05, 0.1) is 0 Å². The molecule has 1 unspecified atom stereocenters. The van der Waals surface area contributed by atoms with E-state index in [1.807, 2.05) is 12.3 Å². The van der Waals surface area contributed by atoms with Crippen LogP contribution in [0, 0.1) is 0 Å². The van der Waals surface area contributed by atoms with Crippen molar-refractivity contribution in [3.63, 3.8) is 0 Å². The molecule has 1 aromatic rings. The summed E-state index contributed by atoms with van der Waals surface area (Å²) in [6.45, 7) is 7.81. The number of rotatable bonds is 10. The van der Waals surface area contributed by atoms with Gasteiger partial charge in [-0.3, -0.25) is 4.98 Å². The molecule has 1 atom stereocenters. The first-order valence-corrected chi connectivity index (χ1v) is 7.58. The number of hydrogen-bond donors (Lipinski definition) is 1. The summed E-state index contributed by atoms with van der Waals surface area (Å²) in [7, 11) is 2.21. The highest BCUT2D eigenvalue weighted by Gasteiger charge is 2.09. The standard InChI is InChI=1S/C16H29N3/c1-4-8-16(17-11-5-2)14-19(3)13-10-15-9-6-7-12-18-15/h6-7,9,12,16-17H,4-5,8,10-11,13-14H2,1-3H3. The molecule has 0 aliphatic rings. The summed E-state index contributed by atoms with van der Waals surface area (Å²) in [6.07, 6.45) is 6.61. The molecule has 3 heteroatoms. The molecule has 1 aromatic heterocycles. The first-order chi connectivity index (χ1) is 9.26. The molecule has 1 rings (SSSR count). The van der Waals surface area contributed by atoms with E-state index in [1.54, 1.807) is 0 Å². The van der Waals surface area contributed by atoms with Crippen molar-refractivity contribution in [2.75, 3.05) is 26.7 Å². The summed E-state index contributed by atoms with van der Waals surface area (Å²) < 4.78 is 0. The maximum atomic E-state index is 4.37. The Morgan fingerprint density at radius 3 is 2.74 bits per heavy atom. The zero-order chi connectivity index (χ0) is 13.9. The van der Waals surface area contributed by atoms with Crippen LogP contribution in [-0.4, -0.2) is 42.6 Å². The largest absolute Gasteiger partial charge is 0.313 e. The second kappa shape index (κ2) is 9.93. The lowest BCUT2D eigenvalue weighted by molar-refractivity contribution is 0.282. The third-order valence-corrected chi connectivity index (χ3v) is 3.33. The molecule has 0 fully saturated rings. The van der Waals surface area contributed by atoms with Gasteiger partial charge in [-0.1, -0.05) is 26.3 Å². The van der Waals surface area contributed by atoms with E-state index in [9.17, 15) is 0 Å². The fourth-order valence-electron chi connectivity index (χ4n) is 2.27. The summed E-state index contributed by atoms with van der Waals surface area (Å²) in [4.78, 5) is 6.79. The fraction of sp³-hybridized carbons (Fsp3) is 0.688. The van der Waals surface area contributed by atoms with Crippen molar-refractivity contribution in [3.8, 4) is 0 Å².